The van der Waals surface area contributed by atoms with Crippen molar-refractivity contribution in [3.05, 3.63) is 64.1 Å². The molecule has 0 amide bonds. The van der Waals surface area contributed by atoms with Crippen molar-refractivity contribution in [3.8, 4) is 11.5 Å². The lowest BCUT2D eigenvalue weighted by Crippen LogP contribution is -2.43. The van der Waals surface area contributed by atoms with Gasteiger partial charge in [-0.1, -0.05) is 41.4 Å². The largest absolute Gasteiger partial charge is 0.456 e. The van der Waals surface area contributed by atoms with E-state index < -0.39 is 0 Å². The van der Waals surface area contributed by atoms with Gasteiger partial charge in [0.2, 0.25) is 0 Å². The van der Waals surface area contributed by atoms with Gasteiger partial charge in [0.15, 0.2) is 0 Å². The summed E-state index contributed by atoms with van der Waals surface area (Å²) >= 11 is 12.1. The van der Waals surface area contributed by atoms with Gasteiger partial charge in [0.1, 0.15) is 11.5 Å². The molecule has 2 aromatic rings. The van der Waals surface area contributed by atoms with Crippen LogP contribution in [0.3, 0.4) is 0 Å². The topological polar surface area (TPSA) is 24.5 Å². The number of hydrogen-bond donors (Lipinski definition) is 1. The van der Waals surface area contributed by atoms with Gasteiger partial charge in [0, 0.05) is 37.7 Å². The molecule has 3 nitrogen and oxygen atoms in total. The first kappa shape index (κ1) is 18.3. The molecule has 0 radical (unpaired) electrons. The minimum atomic E-state index is 0.503. The Balaban J connectivity index is 1.62. The van der Waals surface area contributed by atoms with E-state index >= 15 is 0 Å². The zero-order chi connectivity index (χ0) is 17.6. The third-order valence-electron chi connectivity index (χ3n) is 4.30. The summed E-state index contributed by atoms with van der Waals surface area (Å²) in [6.07, 6.45) is 2.29. The van der Waals surface area contributed by atoms with Crippen LogP contribution in [0, 0.1) is 0 Å². The fourth-order valence-electron chi connectivity index (χ4n) is 2.75. The van der Waals surface area contributed by atoms with E-state index in [0.717, 1.165) is 38.5 Å². The Bertz CT molecular complexity index is 738. The van der Waals surface area contributed by atoms with Crippen LogP contribution in [0.15, 0.2) is 48.5 Å². The molecule has 1 heterocycles. The Kier molecular flexibility index (Phi) is 6.38. The number of hydrogen-bond acceptors (Lipinski definition) is 3. The van der Waals surface area contributed by atoms with Crippen LogP contribution in [0.1, 0.15) is 12.5 Å². The number of benzene rings is 2. The van der Waals surface area contributed by atoms with Crippen LogP contribution in [-0.2, 0) is 0 Å². The fourth-order valence-corrected chi connectivity index (χ4v) is 3.20. The quantitative estimate of drug-likeness (QED) is 0.785. The maximum atomic E-state index is 6.15. The summed E-state index contributed by atoms with van der Waals surface area (Å²) in [5.41, 5.74) is 2.47. The highest BCUT2D eigenvalue weighted by atomic mass is 35.5. The zero-order valence-electron chi connectivity index (χ0n) is 14.3. The lowest BCUT2D eigenvalue weighted by molar-refractivity contribution is 0.265. The standard InChI is InChI=1S/C20H22Cl2N2O/c1-15(8-11-24-12-9-23-10-13-24)16-2-5-18(6-3-16)25-20-7-4-17(21)14-19(20)22/h2-8,14,23H,9-13H2,1H3/b15-8-. The molecular weight excluding hydrogens is 355 g/mol. The highest BCUT2D eigenvalue weighted by molar-refractivity contribution is 6.35. The van der Waals surface area contributed by atoms with Crippen LogP contribution in [0.2, 0.25) is 10.0 Å². The van der Waals surface area contributed by atoms with Crippen molar-refractivity contribution < 1.29 is 4.74 Å². The van der Waals surface area contributed by atoms with Crippen molar-refractivity contribution in [1.29, 1.82) is 0 Å². The summed E-state index contributed by atoms with van der Waals surface area (Å²) in [6.45, 7) is 7.51. The summed E-state index contributed by atoms with van der Waals surface area (Å²) < 4.78 is 5.83. The average molecular weight is 377 g/mol. The summed E-state index contributed by atoms with van der Waals surface area (Å²) in [7, 11) is 0. The number of rotatable bonds is 5. The minimum absolute atomic E-state index is 0.503. The van der Waals surface area contributed by atoms with E-state index in [9.17, 15) is 0 Å². The SMILES string of the molecule is C/C(=C/CN1CCNCC1)c1ccc(Oc2ccc(Cl)cc2Cl)cc1. The third kappa shape index (κ3) is 5.23. The Morgan fingerprint density at radius 1 is 1.12 bits per heavy atom. The van der Waals surface area contributed by atoms with Crippen molar-refractivity contribution in [2.45, 2.75) is 6.92 Å². The Hall–Kier alpha value is -1.52. The molecule has 1 aliphatic heterocycles. The van der Waals surface area contributed by atoms with Crippen molar-refractivity contribution in [1.82, 2.24) is 10.2 Å². The van der Waals surface area contributed by atoms with Crippen LogP contribution >= 0.6 is 23.2 Å². The molecule has 5 heteroatoms. The number of ether oxygens (including phenoxy) is 1. The molecule has 132 valence electrons. The maximum Gasteiger partial charge on any atom is 0.146 e. The molecule has 0 aliphatic carbocycles. The first-order valence-corrected chi connectivity index (χ1v) is 9.20. The molecule has 0 bridgehead atoms. The van der Waals surface area contributed by atoms with Crippen LogP contribution < -0.4 is 10.1 Å². The Morgan fingerprint density at radius 3 is 2.52 bits per heavy atom. The molecule has 0 spiro atoms. The number of nitrogens with zero attached hydrogens (tertiary/aromatic N) is 1. The van der Waals surface area contributed by atoms with Crippen LogP contribution in [0.5, 0.6) is 11.5 Å². The molecule has 0 atom stereocenters. The third-order valence-corrected chi connectivity index (χ3v) is 4.83. The van der Waals surface area contributed by atoms with E-state index in [-0.39, 0.29) is 0 Å². The average Bonchev–Trinajstić information content (AvgIpc) is 2.63. The first-order chi connectivity index (χ1) is 12.1. The molecule has 0 unspecified atom stereocenters. The zero-order valence-corrected chi connectivity index (χ0v) is 15.8. The van der Waals surface area contributed by atoms with Crippen molar-refractivity contribution >= 4 is 28.8 Å². The van der Waals surface area contributed by atoms with E-state index in [1.165, 1.54) is 11.1 Å². The second-order valence-electron chi connectivity index (χ2n) is 6.14. The normalized spacial score (nSPS) is 16.0. The van der Waals surface area contributed by atoms with Gasteiger partial charge in [0.25, 0.3) is 0 Å². The van der Waals surface area contributed by atoms with Crippen LogP contribution in [0.25, 0.3) is 5.57 Å². The second kappa shape index (κ2) is 8.72. The van der Waals surface area contributed by atoms with Gasteiger partial charge in [-0.15, -0.1) is 0 Å². The van der Waals surface area contributed by atoms with E-state index in [0.29, 0.717) is 15.8 Å². The minimum Gasteiger partial charge on any atom is -0.456 e. The van der Waals surface area contributed by atoms with Gasteiger partial charge < -0.3 is 10.1 Å². The second-order valence-corrected chi connectivity index (χ2v) is 6.98. The molecule has 0 saturated carbocycles. The number of nitrogens with one attached hydrogen (secondary N) is 1. The summed E-state index contributed by atoms with van der Waals surface area (Å²) in [6, 6.07) is 13.3. The molecule has 1 aliphatic rings. The number of halogens is 2. The van der Waals surface area contributed by atoms with Crippen molar-refractivity contribution in [2.75, 3.05) is 32.7 Å². The molecular formula is C20H22Cl2N2O. The van der Waals surface area contributed by atoms with E-state index in [4.69, 9.17) is 27.9 Å². The highest BCUT2D eigenvalue weighted by Gasteiger charge is 2.08. The van der Waals surface area contributed by atoms with E-state index in [1.807, 2.05) is 12.1 Å². The summed E-state index contributed by atoms with van der Waals surface area (Å²) in [4.78, 5) is 2.46. The lowest BCUT2D eigenvalue weighted by Gasteiger charge is -2.26. The maximum absolute atomic E-state index is 6.15. The predicted molar refractivity (Wildman–Crippen MR) is 106 cm³/mol. The molecule has 0 aromatic heterocycles. The summed E-state index contributed by atoms with van der Waals surface area (Å²) in [5, 5.41) is 4.47. The highest BCUT2D eigenvalue weighted by Crippen LogP contribution is 2.32. The molecule has 1 N–H and O–H groups in total. The van der Waals surface area contributed by atoms with Gasteiger partial charge in [-0.2, -0.15) is 0 Å². The van der Waals surface area contributed by atoms with Crippen LogP contribution in [0.4, 0.5) is 0 Å². The van der Waals surface area contributed by atoms with Gasteiger partial charge in [-0.25, -0.2) is 0 Å². The Morgan fingerprint density at radius 2 is 1.84 bits per heavy atom. The smallest absolute Gasteiger partial charge is 0.146 e. The number of piperazine rings is 1. The molecule has 1 fully saturated rings. The van der Waals surface area contributed by atoms with Crippen LogP contribution in [-0.4, -0.2) is 37.6 Å². The number of allylic oxidation sites excluding steroid dienone is 1. The molecule has 3 rings (SSSR count). The molecule has 1 saturated heterocycles. The van der Waals surface area contributed by atoms with E-state index in [1.54, 1.807) is 18.2 Å². The molecule has 2 aromatic carbocycles. The lowest BCUT2D eigenvalue weighted by atomic mass is 10.1. The van der Waals surface area contributed by atoms with Gasteiger partial charge in [-0.3, -0.25) is 4.90 Å². The van der Waals surface area contributed by atoms with E-state index in [2.05, 4.69) is 35.3 Å². The Labute approximate surface area is 159 Å². The fraction of sp³-hybridized carbons (Fsp3) is 0.300. The van der Waals surface area contributed by atoms with Crippen molar-refractivity contribution in [2.24, 2.45) is 0 Å². The van der Waals surface area contributed by atoms with Gasteiger partial charge in [0.05, 0.1) is 5.02 Å². The monoisotopic (exact) mass is 376 g/mol. The van der Waals surface area contributed by atoms with Gasteiger partial charge >= 0.3 is 0 Å². The molecule has 25 heavy (non-hydrogen) atoms. The first-order valence-electron chi connectivity index (χ1n) is 8.45. The summed E-state index contributed by atoms with van der Waals surface area (Å²) in [5.74, 6) is 1.35. The van der Waals surface area contributed by atoms with Gasteiger partial charge in [-0.05, 0) is 48.4 Å². The van der Waals surface area contributed by atoms with Crippen molar-refractivity contribution in [3.63, 3.8) is 0 Å². The predicted octanol–water partition coefficient (Wildman–Crippen LogP) is 5.09.